The van der Waals surface area contributed by atoms with Crippen molar-refractivity contribution >= 4 is 47.4 Å². The Hall–Kier alpha value is -1.61. The average Bonchev–Trinajstić information content (AvgIpc) is 3.49. The van der Waals surface area contributed by atoms with Crippen molar-refractivity contribution in [3.05, 3.63) is 54.6 Å². The number of likely N-dealkylation sites (tertiary alicyclic amines) is 1. The zero-order valence-corrected chi connectivity index (χ0v) is 22.2. The monoisotopic (exact) mass is 566 g/mol. The molecule has 0 aromatic heterocycles. The molecule has 2 fully saturated rings. The number of hydrogen-bond donors (Lipinski definition) is 1. The number of halogens is 1. The van der Waals surface area contributed by atoms with E-state index in [9.17, 15) is 0 Å². The van der Waals surface area contributed by atoms with Gasteiger partial charge in [0.15, 0.2) is 5.96 Å². The standard InChI is InChI=1S/C25H34N4OS.HI/c1-26-25(29-14-12-21(18-29)19-31-24-9-4-3-5-10-24)27-16-20-11-13-28(17-20)22-7-6-8-23(15-22)30-2;/h3-10,15,20-21H,11-14,16-19H2,1-2H3,(H,26,27);1H. The maximum Gasteiger partial charge on any atom is 0.193 e. The molecule has 2 saturated heterocycles. The van der Waals surface area contributed by atoms with Gasteiger partial charge in [-0.15, -0.1) is 35.7 Å². The van der Waals surface area contributed by atoms with Gasteiger partial charge >= 0.3 is 0 Å². The highest BCUT2D eigenvalue weighted by Crippen LogP contribution is 2.28. The van der Waals surface area contributed by atoms with Crippen LogP contribution in [0.15, 0.2) is 64.5 Å². The van der Waals surface area contributed by atoms with Crippen LogP contribution >= 0.6 is 35.7 Å². The number of nitrogens with one attached hydrogen (secondary N) is 1. The fourth-order valence-corrected chi connectivity index (χ4v) is 5.55. The van der Waals surface area contributed by atoms with Crippen LogP contribution in [0.4, 0.5) is 5.69 Å². The molecule has 5 nitrogen and oxygen atoms in total. The summed E-state index contributed by atoms with van der Waals surface area (Å²) in [5.74, 6) is 4.52. The van der Waals surface area contributed by atoms with Gasteiger partial charge in [-0.25, -0.2) is 0 Å². The van der Waals surface area contributed by atoms with Crippen molar-refractivity contribution in [2.24, 2.45) is 16.8 Å². The first-order valence-corrected chi connectivity index (χ1v) is 12.3. The van der Waals surface area contributed by atoms with E-state index < -0.39 is 0 Å². The van der Waals surface area contributed by atoms with Gasteiger partial charge < -0.3 is 19.9 Å². The van der Waals surface area contributed by atoms with Crippen LogP contribution in [0.2, 0.25) is 0 Å². The highest BCUT2D eigenvalue weighted by atomic mass is 127. The summed E-state index contributed by atoms with van der Waals surface area (Å²) in [4.78, 5) is 10.8. The number of anilines is 1. The summed E-state index contributed by atoms with van der Waals surface area (Å²) in [6.45, 7) is 5.35. The molecule has 2 aliphatic rings. The van der Waals surface area contributed by atoms with Gasteiger partial charge in [0.05, 0.1) is 7.11 Å². The Labute approximate surface area is 214 Å². The molecule has 0 spiro atoms. The van der Waals surface area contributed by atoms with Crippen molar-refractivity contribution in [3.8, 4) is 5.75 Å². The lowest BCUT2D eigenvalue weighted by atomic mass is 10.1. The number of thioether (sulfide) groups is 1. The molecular weight excluding hydrogens is 531 g/mol. The van der Waals surface area contributed by atoms with Gasteiger partial charge in [0, 0.05) is 62.2 Å². The highest BCUT2D eigenvalue weighted by Gasteiger charge is 2.27. The van der Waals surface area contributed by atoms with Gasteiger partial charge in [0.1, 0.15) is 5.75 Å². The number of methoxy groups -OCH3 is 1. The molecule has 0 radical (unpaired) electrons. The summed E-state index contributed by atoms with van der Waals surface area (Å²) in [5.41, 5.74) is 1.25. The van der Waals surface area contributed by atoms with Gasteiger partial charge in [0.2, 0.25) is 0 Å². The molecule has 0 saturated carbocycles. The van der Waals surface area contributed by atoms with Gasteiger partial charge in [0.25, 0.3) is 0 Å². The Bertz CT molecular complexity index is 866. The predicted molar refractivity (Wildman–Crippen MR) is 147 cm³/mol. The van der Waals surface area contributed by atoms with Crippen LogP contribution in [-0.2, 0) is 0 Å². The predicted octanol–water partition coefficient (Wildman–Crippen LogP) is 4.83. The summed E-state index contributed by atoms with van der Waals surface area (Å²) in [6, 6.07) is 19.1. The molecule has 174 valence electrons. The largest absolute Gasteiger partial charge is 0.497 e. The van der Waals surface area contributed by atoms with Gasteiger partial charge in [-0.2, -0.15) is 0 Å². The minimum atomic E-state index is 0. The second kappa shape index (κ2) is 12.6. The molecule has 32 heavy (non-hydrogen) atoms. The van der Waals surface area contributed by atoms with Crippen LogP contribution in [0.5, 0.6) is 5.75 Å². The Kier molecular flexibility index (Phi) is 9.84. The molecular formula is C25H35IN4OS. The fraction of sp³-hybridized carbons (Fsp3) is 0.480. The van der Waals surface area contributed by atoms with Crippen molar-refractivity contribution < 1.29 is 4.74 Å². The number of rotatable bonds is 7. The number of aliphatic imine (C=N–C) groups is 1. The average molecular weight is 567 g/mol. The third kappa shape index (κ3) is 6.70. The van der Waals surface area contributed by atoms with Gasteiger partial charge in [-0.1, -0.05) is 24.3 Å². The van der Waals surface area contributed by atoms with Gasteiger partial charge in [-0.3, -0.25) is 4.99 Å². The summed E-state index contributed by atoms with van der Waals surface area (Å²) in [5, 5.41) is 3.66. The van der Waals surface area contributed by atoms with Crippen molar-refractivity contribution in [3.63, 3.8) is 0 Å². The van der Waals surface area contributed by atoms with E-state index in [0.29, 0.717) is 5.92 Å². The molecule has 7 heteroatoms. The van der Waals surface area contributed by atoms with Crippen LogP contribution in [0.25, 0.3) is 0 Å². The molecule has 1 N–H and O–H groups in total. The maximum atomic E-state index is 5.38. The topological polar surface area (TPSA) is 40.1 Å². The van der Waals surface area contributed by atoms with Crippen molar-refractivity contribution in [2.75, 3.05) is 57.5 Å². The van der Waals surface area contributed by atoms with Crippen LogP contribution in [0, 0.1) is 11.8 Å². The molecule has 2 heterocycles. The summed E-state index contributed by atoms with van der Waals surface area (Å²) >= 11 is 1.97. The summed E-state index contributed by atoms with van der Waals surface area (Å²) in [7, 11) is 3.64. The van der Waals surface area contributed by atoms with Crippen LogP contribution < -0.4 is 15.0 Å². The first-order chi connectivity index (χ1) is 15.2. The second-order valence-corrected chi connectivity index (χ2v) is 9.55. The molecule has 0 bridgehead atoms. The Morgan fingerprint density at radius 1 is 1.06 bits per heavy atom. The summed E-state index contributed by atoms with van der Waals surface area (Å²) in [6.07, 6.45) is 2.45. The SMILES string of the molecule is CN=C(NCC1CCN(c2cccc(OC)c2)C1)N1CCC(CSc2ccccc2)C1.I. The minimum absolute atomic E-state index is 0. The molecule has 2 aromatic rings. The smallest absolute Gasteiger partial charge is 0.193 e. The molecule has 2 aliphatic heterocycles. The molecule has 2 aromatic carbocycles. The van der Waals surface area contributed by atoms with Crippen molar-refractivity contribution in [1.29, 1.82) is 0 Å². The minimum Gasteiger partial charge on any atom is -0.497 e. The van der Waals surface area contributed by atoms with Crippen LogP contribution in [0.1, 0.15) is 12.8 Å². The Morgan fingerprint density at radius 3 is 2.66 bits per heavy atom. The quantitative estimate of drug-likeness (QED) is 0.225. The van der Waals surface area contributed by atoms with Gasteiger partial charge in [-0.05, 0) is 48.9 Å². The number of ether oxygens (including phenoxy) is 1. The van der Waals surface area contributed by atoms with Crippen molar-refractivity contribution in [2.45, 2.75) is 17.7 Å². The molecule has 0 amide bonds. The zero-order chi connectivity index (χ0) is 21.5. The normalized spacial score (nSPS) is 20.9. The maximum absolute atomic E-state index is 5.38. The molecule has 4 rings (SSSR count). The van der Waals surface area contributed by atoms with E-state index in [1.807, 2.05) is 24.9 Å². The van der Waals surface area contributed by atoms with Crippen LogP contribution in [0.3, 0.4) is 0 Å². The number of guanidine groups is 1. The number of hydrogen-bond acceptors (Lipinski definition) is 4. The van der Waals surface area contributed by atoms with E-state index in [1.54, 1.807) is 7.11 Å². The Morgan fingerprint density at radius 2 is 1.88 bits per heavy atom. The lowest BCUT2D eigenvalue weighted by Gasteiger charge is -2.24. The highest BCUT2D eigenvalue weighted by molar-refractivity contribution is 14.0. The number of benzene rings is 2. The third-order valence-electron chi connectivity index (χ3n) is 6.28. The summed E-state index contributed by atoms with van der Waals surface area (Å²) < 4.78 is 5.38. The van der Waals surface area contributed by atoms with E-state index in [4.69, 9.17) is 4.74 Å². The lowest BCUT2D eigenvalue weighted by molar-refractivity contribution is 0.415. The van der Waals surface area contributed by atoms with E-state index in [0.717, 1.165) is 50.4 Å². The zero-order valence-electron chi connectivity index (χ0n) is 19.1. The van der Waals surface area contributed by atoms with E-state index in [1.165, 1.54) is 29.2 Å². The van der Waals surface area contributed by atoms with E-state index in [-0.39, 0.29) is 24.0 Å². The molecule has 0 aliphatic carbocycles. The van der Waals surface area contributed by atoms with E-state index in [2.05, 4.69) is 68.6 Å². The first-order valence-electron chi connectivity index (χ1n) is 11.3. The third-order valence-corrected chi connectivity index (χ3v) is 7.52. The number of nitrogens with zero attached hydrogens (tertiary/aromatic N) is 3. The van der Waals surface area contributed by atoms with Crippen LogP contribution in [-0.4, -0.2) is 63.5 Å². The Balaban J connectivity index is 0.00000289. The fourth-order valence-electron chi connectivity index (χ4n) is 4.50. The first kappa shape index (κ1) is 25.0. The molecule has 2 atom stereocenters. The van der Waals surface area contributed by atoms with Crippen molar-refractivity contribution in [1.82, 2.24) is 10.2 Å². The molecule has 2 unspecified atom stereocenters. The lowest BCUT2D eigenvalue weighted by Crippen LogP contribution is -2.42. The van der Waals surface area contributed by atoms with E-state index >= 15 is 0 Å². The second-order valence-electron chi connectivity index (χ2n) is 8.46.